The van der Waals surface area contributed by atoms with Gasteiger partial charge >= 0.3 is 0 Å². The van der Waals surface area contributed by atoms with E-state index in [9.17, 15) is 0 Å². The van der Waals surface area contributed by atoms with E-state index in [1.807, 2.05) is 18.3 Å². The first-order valence-corrected chi connectivity index (χ1v) is 5.61. The largest absolute Gasteiger partial charge is 0.357 e. The molecule has 2 aromatic heterocycles. The number of hydrogen-bond donors (Lipinski definition) is 2. The van der Waals surface area contributed by atoms with Crippen molar-refractivity contribution in [2.75, 3.05) is 13.1 Å². The van der Waals surface area contributed by atoms with Crippen LogP contribution in [0, 0.1) is 0 Å². The van der Waals surface area contributed by atoms with Crippen molar-refractivity contribution in [3.63, 3.8) is 0 Å². The molecule has 1 saturated heterocycles. The molecule has 0 saturated carbocycles. The molecule has 92 valence electrons. The summed E-state index contributed by atoms with van der Waals surface area (Å²) >= 11 is 0. The first-order valence-electron chi connectivity index (χ1n) is 5.61. The number of nitrogens with zero attached hydrogens (tertiary/aromatic N) is 2. The van der Waals surface area contributed by atoms with Crippen LogP contribution in [0.2, 0.25) is 0 Å². The highest BCUT2D eigenvalue weighted by atomic mass is 35.5. The van der Waals surface area contributed by atoms with Crippen LogP contribution in [0.4, 0.5) is 0 Å². The van der Waals surface area contributed by atoms with Crippen molar-refractivity contribution in [1.82, 2.24) is 20.4 Å². The standard InChI is InChI=1S/C11H14N4O.ClH/c1-3-8(7-12-5-1)10-14-11(16-15-10)9-4-2-6-13-9;/h2,4,6,8,12-13H,1,3,5,7H2;1H/t8-;/m0./s1. The highest BCUT2D eigenvalue weighted by Crippen LogP contribution is 2.23. The van der Waals surface area contributed by atoms with E-state index >= 15 is 0 Å². The zero-order chi connectivity index (χ0) is 10.8. The monoisotopic (exact) mass is 254 g/mol. The zero-order valence-electron chi connectivity index (χ0n) is 9.35. The van der Waals surface area contributed by atoms with E-state index in [0.717, 1.165) is 31.0 Å². The van der Waals surface area contributed by atoms with Gasteiger partial charge in [0.05, 0.1) is 0 Å². The summed E-state index contributed by atoms with van der Waals surface area (Å²) in [5.41, 5.74) is 0.877. The normalized spacial score (nSPS) is 19.9. The quantitative estimate of drug-likeness (QED) is 0.860. The number of nitrogens with one attached hydrogen (secondary N) is 2. The molecule has 0 amide bonds. The number of hydrogen-bond acceptors (Lipinski definition) is 4. The summed E-state index contributed by atoms with van der Waals surface area (Å²) in [4.78, 5) is 7.49. The van der Waals surface area contributed by atoms with Crippen LogP contribution in [0.15, 0.2) is 22.9 Å². The Morgan fingerprint density at radius 1 is 1.41 bits per heavy atom. The maximum Gasteiger partial charge on any atom is 0.274 e. The number of halogens is 1. The molecule has 1 fully saturated rings. The highest BCUT2D eigenvalue weighted by Gasteiger charge is 2.21. The van der Waals surface area contributed by atoms with Gasteiger partial charge in [0.1, 0.15) is 5.69 Å². The average Bonchev–Trinajstić information content (AvgIpc) is 3.01. The number of aromatic amines is 1. The molecule has 0 unspecified atom stereocenters. The Morgan fingerprint density at radius 2 is 2.35 bits per heavy atom. The lowest BCUT2D eigenvalue weighted by atomic mass is 9.99. The molecule has 2 N–H and O–H groups in total. The SMILES string of the molecule is Cl.c1c[nH]c(-c2nc([C@H]3CCCNC3)no2)c1. The van der Waals surface area contributed by atoms with E-state index in [-0.39, 0.29) is 12.4 Å². The summed E-state index contributed by atoms with van der Waals surface area (Å²) in [6.45, 7) is 2.04. The van der Waals surface area contributed by atoms with Gasteiger partial charge in [0, 0.05) is 18.7 Å². The van der Waals surface area contributed by atoms with E-state index in [1.54, 1.807) is 0 Å². The smallest absolute Gasteiger partial charge is 0.274 e. The highest BCUT2D eigenvalue weighted by molar-refractivity contribution is 5.85. The van der Waals surface area contributed by atoms with Crippen LogP contribution in [0.3, 0.4) is 0 Å². The third kappa shape index (κ3) is 2.50. The van der Waals surface area contributed by atoms with Gasteiger partial charge in [0.25, 0.3) is 5.89 Å². The van der Waals surface area contributed by atoms with Crippen molar-refractivity contribution in [1.29, 1.82) is 0 Å². The molecule has 1 atom stereocenters. The molecular formula is C11H15ClN4O. The van der Waals surface area contributed by atoms with Crippen molar-refractivity contribution < 1.29 is 4.52 Å². The molecule has 6 heteroatoms. The molecular weight excluding hydrogens is 240 g/mol. The molecule has 1 aliphatic heterocycles. The Balaban J connectivity index is 0.00000108. The second-order valence-electron chi connectivity index (χ2n) is 4.08. The van der Waals surface area contributed by atoms with Crippen molar-refractivity contribution in [3.8, 4) is 11.6 Å². The maximum absolute atomic E-state index is 5.24. The van der Waals surface area contributed by atoms with Crippen molar-refractivity contribution in [3.05, 3.63) is 24.2 Å². The van der Waals surface area contributed by atoms with Gasteiger partial charge in [0.2, 0.25) is 0 Å². The Labute approximate surface area is 105 Å². The first kappa shape index (κ1) is 12.1. The predicted octanol–water partition coefficient (Wildman–Crippen LogP) is 1.95. The van der Waals surface area contributed by atoms with Crippen LogP contribution in [0.25, 0.3) is 11.6 Å². The third-order valence-corrected chi connectivity index (χ3v) is 2.93. The van der Waals surface area contributed by atoms with Crippen molar-refractivity contribution in [2.45, 2.75) is 18.8 Å². The molecule has 0 aliphatic carbocycles. The number of aromatic nitrogens is 3. The van der Waals surface area contributed by atoms with Crippen LogP contribution in [0.5, 0.6) is 0 Å². The molecule has 2 aromatic rings. The molecule has 5 nitrogen and oxygen atoms in total. The van der Waals surface area contributed by atoms with Gasteiger partial charge in [-0.15, -0.1) is 12.4 Å². The Morgan fingerprint density at radius 3 is 3.06 bits per heavy atom. The van der Waals surface area contributed by atoms with Crippen LogP contribution in [-0.4, -0.2) is 28.2 Å². The van der Waals surface area contributed by atoms with Gasteiger partial charge in [-0.2, -0.15) is 4.98 Å². The lowest BCUT2D eigenvalue weighted by molar-refractivity contribution is 0.392. The minimum absolute atomic E-state index is 0. The molecule has 3 rings (SSSR count). The second-order valence-corrected chi connectivity index (χ2v) is 4.08. The summed E-state index contributed by atoms with van der Waals surface area (Å²) in [6.07, 6.45) is 4.16. The van der Waals surface area contributed by atoms with Gasteiger partial charge in [0.15, 0.2) is 5.82 Å². The van der Waals surface area contributed by atoms with Gasteiger partial charge in [-0.3, -0.25) is 0 Å². The zero-order valence-corrected chi connectivity index (χ0v) is 10.2. The van der Waals surface area contributed by atoms with Gasteiger partial charge in [-0.05, 0) is 31.5 Å². The predicted molar refractivity (Wildman–Crippen MR) is 66.2 cm³/mol. The Bertz CT molecular complexity index is 448. The summed E-state index contributed by atoms with van der Waals surface area (Å²) in [5.74, 6) is 1.78. The first-order chi connectivity index (χ1) is 7.93. The van der Waals surface area contributed by atoms with E-state index in [1.165, 1.54) is 6.42 Å². The van der Waals surface area contributed by atoms with Gasteiger partial charge < -0.3 is 14.8 Å². The molecule has 0 aromatic carbocycles. The fourth-order valence-electron chi connectivity index (χ4n) is 2.05. The number of rotatable bonds is 2. The van der Waals surface area contributed by atoms with Crippen molar-refractivity contribution >= 4 is 12.4 Å². The minimum Gasteiger partial charge on any atom is -0.357 e. The molecule has 1 aliphatic rings. The fourth-order valence-corrected chi connectivity index (χ4v) is 2.05. The van der Waals surface area contributed by atoms with Crippen LogP contribution in [-0.2, 0) is 0 Å². The van der Waals surface area contributed by atoms with E-state index in [4.69, 9.17) is 4.52 Å². The summed E-state index contributed by atoms with van der Waals surface area (Å²) in [5, 5.41) is 7.40. The summed E-state index contributed by atoms with van der Waals surface area (Å²) in [7, 11) is 0. The van der Waals surface area contributed by atoms with Gasteiger partial charge in [-0.25, -0.2) is 0 Å². The van der Waals surface area contributed by atoms with Crippen molar-refractivity contribution in [2.24, 2.45) is 0 Å². The van der Waals surface area contributed by atoms with Crippen LogP contribution in [0.1, 0.15) is 24.6 Å². The van der Waals surface area contributed by atoms with Gasteiger partial charge in [-0.1, -0.05) is 5.16 Å². The average molecular weight is 255 g/mol. The lowest BCUT2D eigenvalue weighted by Crippen LogP contribution is -2.28. The topological polar surface area (TPSA) is 66.7 Å². The molecule has 3 heterocycles. The Hall–Kier alpha value is -1.33. The molecule has 17 heavy (non-hydrogen) atoms. The second kappa shape index (κ2) is 5.33. The minimum atomic E-state index is 0. The fraction of sp³-hybridized carbons (Fsp3) is 0.455. The maximum atomic E-state index is 5.24. The van der Waals surface area contributed by atoms with Crippen LogP contribution >= 0.6 is 12.4 Å². The molecule has 0 bridgehead atoms. The third-order valence-electron chi connectivity index (χ3n) is 2.93. The number of H-pyrrole nitrogens is 1. The summed E-state index contributed by atoms with van der Waals surface area (Å²) < 4.78 is 5.24. The Kier molecular flexibility index (Phi) is 3.81. The molecule has 0 radical (unpaired) electrons. The summed E-state index contributed by atoms with van der Waals surface area (Å²) in [6, 6.07) is 3.85. The molecule has 0 spiro atoms. The number of piperidine rings is 1. The van der Waals surface area contributed by atoms with Crippen LogP contribution < -0.4 is 5.32 Å². The lowest BCUT2D eigenvalue weighted by Gasteiger charge is -2.19. The van der Waals surface area contributed by atoms with E-state index < -0.39 is 0 Å². The van der Waals surface area contributed by atoms with E-state index in [2.05, 4.69) is 20.4 Å². The van der Waals surface area contributed by atoms with E-state index in [0.29, 0.717) is 11.8 Å².